The first-order chi connectivity index (χ1) is 13.6. The second-order valence-electron chi connectivity index (χ2n) is 7.35. The van der Waals surface area contributed by atoms with E-state index in [4.69, 9.17) is 0 Å². The molecule has 2 fully saturated rings. The van der Waals surface area contributed by atoms with Crippen LogP contribution in [0.15, 0.2) is 69.5 Å². The van der Waals surface area contributed by atoms with E-state index in [9.17, 15) is 4.79 Å². The first kappa shape index (κ1) is 19.6. The minimum Gasteiger partial charge on any atom is -0.292 e. The lowest BCUT2D eigenvalue weighted by molar-refractivity contribution is -0.114. The van der Waals surface area contributed by atoms with Crippen LogP contribution in [0, 0.1) is 0 Å². The molecular weight excluding hydrogens is 382 g/mol. The van der Waals surface area contributed by atoms with Gasteiger partial charge < -0.3 is 0 Å². The molecule has 2 saturated heterocycles. The lowest BCUT2D eigenvalue weighted by Crippen LogP contribution is -2.43. The number of hydrogen-bond acceptors (Lipinski definition) is 4. The average Bonchev–Trinajstić information content (AvgIpc) is 3.04. The Labute approximate surface area is 176 Å². The SMILES string of the molecule is CSc1ccc(/C=C2/C(=O)/C(=C/c3ccc(SC)cc3)C3CCC2N3C)cc1. The molecule has 2 atom stereocenters. The Morgan fingerprint density at radius 3 is 1.54 bits per heavy atom. The van der Waals surface area contributed by atoms with Gasteiger partial charge in [-0.3, -0.25) is 9.69 Å². The highest BCUT2D eigenvalue weighted by Gasteiger charge is 2.44. The summed E-state index contributed by atoms with van der Waals surface area (Å²) in [5.41, 5.74) is 4.06. The molecule has 2 bridgehead atoms. The quantitative estimate of drug-likeness (QED) is 0.482. The maximum absolute atomic E-state index is 13.4. The van der Waals surface area contributed by atoms with Gasteiger partial charge in [-0.05, 0) is 79.9 Å². The summed E-state index contributed by atoms with van der Waals surface area (Å²) >= 11 is 3.47. The van der Waals surface area contributed by atoms with Gasteiger partial charge in [-0.1, -0.05) is 24.3 Å². The summed E-state index contributed by atoms with van der Waals surface area (Å²) in [6, 6.07) is 17.4. The Morgan fingerprint density at radius 2 is 1.18 bits per heavy atom. The summed E-state index contributed by atoms with van der Waals surface area (Å²) in [7, 11) is 2.16. The third-order valence-electron chi connectivity index (χ3n) is 5.82. The molecule has 4 heteroatoms. The van der Waals surface area contributed by atoms with Crippen molar-refractivity contribution in [3.63, 3.8) is 0 Å². The summed E-state index contributed by atoms with van der Waals surface area (Å²) in [4.78, 5) is 18.3. The topological polar surface area (TPSA) is 20.3 Å². The summed E-state index contributed by atoms with van der Waals surface area (Å²) in [6.45, 7) is 0. The number of carbonyl (C=O) groups excluding carboxylic acids is 1. The van der Waals surface area contributed by atoms with Crippen molar-refractivity contribution >= 4 is 41.5 Å². The van der Waals surface area contributed by atoms with Crippen molar-refractivity contribution in [2.75, 3.05) is 19.6 Å². The largest absolute Gasteiger partial charge is 0.292 e. The van der Waals surface area contributed by atoms with E-state index < -0.39 is 0 Å². The van der Waals surface area contributed by atoms with Crippen LogP contribution in [0.4, 0.5) is 0 Å². The minimum atomic E-state index is 0.216. The number of likely N-dealkylation sites (N-methyl/N-ethyl adjacent to an activating group) is 1. The fraction of sp³-hybridized carbons (Fsp3) is 0.292. The van der Waals surface area contributed by atoms with E-state index in [1.165, 1.54) is 9.79 Å². The second-order valence-corrected chi connectivity index (χ2v) is 9.11. The van der Waals surface area contributed by atoms with Crippen molar-refractivity contribution in [2.24, 2.45) is 0 Å². The average molecular weight is 408 g/mol. The molecule has 2 aromatic carbocycles. The summed E-state index contributed by atoms with van der Waals surface area (Å²) in [5.74, 6) is 0.216. The monoisotopic (exact) mass is 407 g/mol. The molecule has 2 heterocycles. The van der Waals surface area contributed by atoms with Crippen molar-refractivity contribution in [3.8, 4) is 0 Å². The zero-order valence-electron chi connectivity index (χ0n) is 16.5. The predicted molar refractivity (Wildman–Crippen MR) is 122 cm³/mol. The van der Waals surface area contributed by atoms with Gasteiger partial charge in [0.2, 0.25) is 0 Å². The lowest BCUT2D eigenvalue weighted by Gasteiger charge is -2.34. The third-order valence-corrected chi connectivity index (χ3v) is 7.30. The van der Waals surface area contributed by atoms with Crippen LogP contribution in [0.1, 0.15) is 24.0 Å². The van der Waals surface area contributed by atoms with Crippen molar-refractivity contribution in [1.82, 2.24) is 4.90 Å². The van der Waals surface area contributed by atoms with Gasteiger partial charge in [0, 0.05) is 33.0 Å². The fourth-order valence-electron chi connectivity index (χ4n) is 4.24. The summed E-state index contributed by atoms with van der Waals surface area (Å²) in [5, 5.41) is 0. The first-order valence-electron chi connectivity index (χ1n) is 9.58. The molecule has 2 unspecified atom stereocenters. The molecule has 144 valence electrons. The van der Waals surface area contributed by atoms with Gasteiger partial charge in [-0.15, -0.1) is 23.5 Å². The van der Waals surface area contributed by atoms with E-state index in [2.05, 4.69) is 85.1 Å². The molecule has 2 nitrogen and oxygen atoms in total. The van der Waals surface area contributed by atoms with Gasteiger partial charge in [0.1, 0.15) is 0 Å². The van der Waals surface area contributed by atoms with Crippen molar-refractivity contribution < 1.29 is 4.79 Å². The highest BCUT2D eigenvalue weighted by Crippen LogP contribution is 2.40. The van der Waals surface area contributed by atoms with Gasteiger partial charge in [0.25, 0.3) is 0 Å². The number of carbonyl (C=O) groups is 1. The molecule has 2 aromatic rings. The van der Waals surface area contributed by atoms with E-state index in [-0.39, 0.29) is 17.9 Å². The molecule has 0 radical (unpaired) electrons. The van der Waals surface area contributed by atoms with Gasteiger partial charge in [0.05, 0.1) is 0 Å². The van der Waals surface area contributed by atoms with E-state index in [0.29, 0.717) is 0 Å². The maximum Gasteiger partial charge on any atom is 0.188 e. The molecule has 0 aliphatic carbocycles. The van der Waals surface area contributed by atoms with Crippen LogP contribution in [-0.4, -0.2) is 42.3 Å². The maximum atomic E-state index is 13.4. The molecule has 0 spiro atoms. The number of hydrogen-bond donors (Lipinski definition) is 0. The molecule has 0 N–H and O–H groups in total. The van der Waals surface area contributed by atoms with Crippen LogP contribution in [0.2, 0.25) is 0 Å². The Balaban J connectivity index is 1.70. The normalized spacial score (nSPS) is 25.0. The third kappa shape index (κ3) is 3.73. The highest BCUT2D eigenvalue weighted by molar-refractivity contribution is 7.98. The lowest BCUT2D eigenvalue weighted by atomic mass is 9.88. The van der Waals surface area contributed by atoms with E-state index in [0.717, 1.165) is 35.1 Å². The van der Waals surface area contributed by atoms with Gasteiger partial charge >= 0.3 is 0 Å². The Morgan fingerprint density at radius 1 is 0.786 bits per heavy atom. The second kappa shape index (κ2) is 8.32. The van der Waals surface area contributed by atoms with Gasteiger partial charge in [-0.25, -0.2) is 0 Å². The van der Waals surface area contributed by atoms with Crippen molar-refractivity contribution in [1.29, 1.82) is 0 Å². The number of nitrogens with zero attached hydrogens (tertiary/aromatic N) is 1. The zero-order chi connectivity index (χ0) is 19.7. The van der Waals surface area contributed by atoms with Crippen LogP contribution in [0.3, 0.4) is 0 Å². The highest BCUT2D eigenvalue weighted by atomic mass is 32.2. The zero-order valence-corrected chi connectivity index (χ0v) is 18.1. The molecule has 4 rings (SSSR count). The number of benzene rings is 2. The molecule has 0 saturated carbocycles. The van der Waals surface area contributed by atoms with Crippen LogP contribution in [0.25, 0.3) is 12.2 Å². The smallest absolute Gasteiger partial charge is 0.188 e. The number of ketones is 1. The van der Waals surface area contributed by atoms with E-state index in [1.807, 2.05) is 0 Å². The molecule has 2 aliphatic heterocycles. The number of rotatable bonds is 4. The Hall–Kier alpha value is -1.75. The summed E-state index contributed by atoms with van der Waals surface area (Å²) in [6.07, 6.45) is 10.4. The number of piperidine rings is 1. The van der Waals surface area contributed by atoms with Crippen LogP contribution >= 0.6 is 23.5 Å². The Bertz CT molecular complexity index is 853. The van der Waals surface area contributed by atoms with Crippen molar-refractivity contribution in [2.45, 2.75) is 34.7 Å². The van der Waals surface area contributed by atoms with Crippen LogP contribution in [0.5, 0.6) is 0 Å². The molecule has 0 amide bonds. The fourth-order valence-corrected chi connectivity index (χ4v) is 5.06. The van der Waals surface area contributed by atoms with Crippen LogP contribution in [-0.2, 0) is 4.79 Å². The number of Topliss-reactive ketones (excluding diaryl/α,β-unsaturated/α-hetero) is 1. The molecule has 28 heavy (non-hydrogen) atoms. The summed E-state index contributed by atoms with van der Waals surface area (Å²) < 4.78 is 0. The number of fused-ring (bicyclic) bond motifs is 2. The van der Waals surface area contributed by atoms with Gasteiger partial charge in [0.15, 0.2) is 5.78 Å². The number of thioether (sulfide) groups is 2. The molecular formula is C24H25NOS2. The minimum absolute atomic E-state index is 0.216. The first-order valence-corrected chi connectivity index (χ1v) is 12.0. The standard InChI is InChI=1S/C24H25NOS2/c1-25-22-12-13-23(25)21(15-17-6-10-19(28-3)11-7-17)24(26)20(22)14-16-4-8-18(27-2)9-5-16/h4-11,14-15,22-23H,12-13H2,1-3H3/b20-14+,21-15+. The van der Waals surface area contributed by atoms with Crippen molar-refractivity contribution in [3.05, 3.63) is 70.8 Å². The predicted octanol–water partition coefficient (Wildman–Crippen LogP) is 5.64. The molecule has 2 aliphatic rings. The Kier molecular flexibility index (Phi) is 5.81. The van der Waals surface area contributed by atoms with E-state index >= 15 is 0 Å². The molecule has 0 aromatic heterocycles. The van der Waals surface area contributed by atoms with Crippen LogP contribution < -0.4 is 0 Å². The van der Waals surface area contributed by atoms with Gasteiger partial charge in [-0.2, -0.15) is 0 Å². The van der Waals surface area contributed by atoms with E-state index in [1.54, 1.807) is 23.5 Å².